The van der Waals surface area contributed by atoms with Crippen LogP contribution in [0.3, 0.4) is 0 Å². The van der Waals surface area contributed by atoms with Gasteiger partial charge in [-0.3, -0.25) is 4.79 Å². The van der Waals surface area contributed by atoms with Crippen molar-refractivity contribution in [3.8, 4) is 0 Å². The Morgan fingerprint density at radius 1 is 1.62 bits per heavy atom. The fraction of sp³-hybridized carbons (Fsp3) is 0.455. The van der Waals surface area contributed by atoms with Gasteiger partial charge in [0, 0.05) is 6.61 Å². The van der Waals surface area contributed by atoms with Gasteiger partial charge in [-0.05, 0) is 25.5 Å². The van der Waals surface area contributed by atoms with Gasteiger partial charge >= 0.3 is 0 Å². The number of amides is 1. The molecule has 0 radical (unpaired) electrons. The quantitative estimate of drug-likeness (QED) is 0.765. The third-order valence-corrected chi connectivity index (χ3v) is 2.71. The average Bonchev–Trinajstić information content (AvgIpc) is 2.65. The van der Waals surface area contributed by atoms with E-state index in [1.165, 1.54) is 6.20 Å². The number of rotatable bonds is 2. The summed E-state index contributed by atoms with van der Waals surface area (Å²) in [6.45, 7) is 2.65. The van der Waals surface area contributed by atoms with Gasteiger partial charge in [-0.2, -0.15) is 0 Å². The van der Waals surface area contributed by atoms with E-state index in [1.807, 2.05) is 6.92 Å². The first kappa shape index (κ1) is 10.9. The van der Waals surface area contributed by atoms with E-state index in [0.29, 0.717) is 18.0 Å². The molecule has 1 fully saturated rings. The van der Waals surface area contributed by atoms with Crippen LogP contribution in [0.4, 0.5) is 5.69 Å². The Balaban J connectivity index is 2.00. The molecule has 1 aromatic heterocycles. The monoisotopic (exact) mass is 221 g/mol. The van der Waals surface area contributed by atoms with Gasteiger partial charge in [0.2, 0.25) is 0 Å². The zero-order valence-corrected chi connectivity index (χ0v) is 9.14. The Morgan fingerprint density at radius 3 is 3.00 bits per heavy atom. The summed E-state index contributed by atoms with van der Waals surface area (Å²) in [5.74, 6) is -0.178. The predicted octanol–water partition coefficient (Wildman–Crippen LogP) is 0.571. The van der Waals surface area contributed by atoms with E-state index in [9.17, 15) is 4.79 Å². The molecule has 1 amide bonds. The molecule has 5 nitrogen and oxygen atoms in total. The van der Waals surface area contributed by atoms with Crippen LogP contribution >= 0.6 is 0 Å². The molecule has 0 bridgehead atoms. The van der Waals surface area contributed by atoms with Gasteiger partial charge < -0.3 is 15.8 Å². The highest BCUT2D eigenvalue weighted by Crippen LogP contribution is 2.13. The molecule has 5 heteroatoms. The third-order valence-electron chi connectivity index (χ3n) is 2.71. The molecule has 2 unspecified atom stereocenters. The molecule has 1 aromatic rings. The van der Waals surface area contributed by atoms with E-state index in [1.54, 1.807) is 12.1 Å². The number of aromatic nitrogens is 1. The molecule has 3 N–H and O–H groups in total. The van der Waals surface area contributed by atoms with E-state index in [2.05, 4.69) is 10.3 Å². The van der Waals surface area contributed by atoms with Crippen LogP contribution < -0.4 is 11.1 Å². The number of nitrogen functional groups attached to an aromatic ring is 1. The summed E-state index contributed by atoms with van der Waals surface area (Å²) in [6, 6.07) is 3.36. The summed E-state index contributed by atoms with van der Waals surface area (Å²) in [6.07, 6.45) is 2.39. The van der Waals surface area contributed by atoms with Gasteiger partial charge in [-0.15, -0.1) is 0 Å². The van der Waals surface area contributed by atoms with E-state index >= 15 is 0 Å². The molecule has 0 saturated carbocycles. The lowest BCUT2D eigenvalue weighted by Gasteiger charge is -2.15. The van der Waals surface area contributed by atoms with Crippen molar-refractivity contribution >= 4 is 11.6 Å². The lowest BCUT2D eigenvalue weighted by molar-refractivity contribution is 0.0862. The second-order valence-corrected chi connectivity index (χ2v) is 3.92. The first-order valence-electron chi connectivity index (χ1n) is 5.31. The van der Waals surface area contributed by atoms with Crippen molar-refractivity contribution in [1.29, 1.82) is 0 Å². The predicted molar refractivity (Wildman–Crippen MR) is 59.9 cm³/mol. The second kappa shape index (κ2) is 4.49. The maximum atomic E-state index is 11.8. The minimum atomic E-state index is -0.178. The van der Waals surface area contributed by atoms with Gasteiger partial charge in [0.1, 0.15) is 5.69 Å². The van der Waals surface area contributed by atoms with Crippen LogP contribution in [0.15, 0.2) is 18.3 Å². The summed E-state index contributed by atoms with van der Waals surface area (Å²) in [4.78, 5) is 15.8. The van der Waals surface area contributed by atoms with Crippen molar-refractivity contribution in [3.05, 3.63) is 24.0 Å². The van der Waals surface area contributed by atoms with E-state index in [4.69, 9.17) is 10.5 Å². The molecule has 0 spiro atoms. The van der Waals surface area contributed by atoms with Crippen LogP contribution in [0.5, 0.6) is 0 Å². The Labute approximate surface area is 94.0 Å². The van der Waals surface area contributed by atoms with Crippen molar-refractivity contribution < 1.29 is 9.53 Å². The summed E-state index contributed by atoms with van der Waals surface area (Å²) >= 11 is 0. The molecule has 0 aliphatic carbocycles. The summed E-state index contributed by atoms with van der Waals surface area (Å²) in [5.41, 5.74) is 6.43. The second-order valence-electron chi connectivity index (χ2n) is 3.92. The Hall–Kier alpha value is -1.62. The molecule has 16 heavy (non-hydrogen) atoms. The standard InChI is InChI=1S/C11H15N3O2/c1-7-9(4-5-16-7)14-11(15)10-3-2-8(12)6-13-10/h2-3,6-7,9H,4-5,12H2,1H3,(H,14,15). The fourth-order valence-electron chi connectivity index (χ4n) is 1.70. The minimum absolute atomic E-state index is 0.0673. The lowest BCUT2D eigenvalue weighted by Crippen LogP contribution is -2.39. The maximum Gasteiger partial charge on any atom is 0.270 e. The van der Waals surface area contributed by atoms with Crippen LogP contribution in [-0.4, -0.2) is 29.6 Å². The van der Waals surface area contributed by atoms with Gasteiger partial charge in [0.05, 0.1) is 24.0 Å². The molecular formula is C11H15N3O2. The number of carbonyl (C=O) groups is 1. The Kier molecular flexibility index (Phi) is 3.05. The first-order chi connectivity index (χ1) is 7.66. The van der Waals surface area contributed by atoms with Crippen molar-refractivity contribution in [2.45, 2.75) is 25.5 Å². The highest BCUT2D eigenvalue weighted by Gasteiger charge is 2.26. The highest BCUT2D eigenvalue weighted by atomic mass is 16.5. The molecule has 2 rings (SSSR count). The molecule has 86 valence electrons. The van der Waals surface area contributed by atoms with E-state index < -0.39 is 0 Å². The fourth-order valence-corrected chi connectivity index (χ4v) is 1.70. The summed E-state index contributed by atoms with van der Waals surface area (Å²) < 4.78 is 5.37. The maximum absolute atomic E-state index is 11.8. The van der Waals surface area contributed by atoms with E-state index in [0.717, 1.165) is 6.42 Å². The Bertz CT molecular complexity index is 377. The summed E-state index contributed by atoms with van der Waals surface area (Å²) in [5, 5.41) is 2.90. The van der Waals surface area contributed by atoms with Crippen LogP contribution in [-0.2, 0) is 4.74 Å². The van der Waals surface area contributed by atoms with Crippen molar-refractivity contribution in [3.63, 3.8) is 0 Å². The zero-order chi connectivity index (χ0) is 11.5. The SMILES string of the molecule is CC1OCCC1NC(=O)c1ccc(N)cn1. The highest BCUT2D eigenvalue weighted by molar-refractivity contribution is 5.92. The first-order valence-corrected chi connectivity index (χ1v) is 5.31. The van der Waals surface area contributed by atoms with Gasteiger partial charge in [0.25, 0.3) is 5.91 Å². The van der Waals surface area contributed by atoms with Crippen molar-refractivity contribution in [2.24, 2.45) is 0 Å². The van der Waals surface area contributed by atoms with Crippen LogP contribution in [0.1, 0.15) is 23.8 Å². The number of anilines is 1. The number of hydrogen-bond donors (Lipinski definition) is 2. The van der Waals surface area contributed by atoms with Crippen molar-refractivity contribution in [1.82, 2.24) is 10.3 Å². The zero-order valence-electron chi connectivity index (χ0n) is 9.14. The van der Waals surface area contributed by atoms with Crippen molar-refractivity contribution in [2.75, 3.05) is 12.3 Å². The third kappa shape index (κ3) is 2.30. The number of nitrogens with zero attached hydrogens (tertiary/aromatic N) is 1. The summed E-state index contributed by atoms with van der Waals surface area (Å²) in [7, 11) is 0. The van der Waals surface area contributed by atoms with Gasteiger partial charge in [-0.25, -0.2) is 4.98 Å². The largest absolute Gasteiger partial charge is 0.397 e. The molecule has 1 aliphatic rings. The number of carbonyl (C=O) groups excluding carboxylic acids is 1. The van der Waals surface area contributed by atoms with Crippen LogP contribution in [0.2, 0.25) is 0 Å². The van der Waals surface area contributed by atoms with Crippen LogP contribution in [0.25, 0.3) is 0 Å². The number of nitrogens with one attached hydrogen (secondary N) is 1. The number of hydrogen-bond acceptors (Lipinski definition) is 4. The lowest BCUT2D eigenvalue weighted by atomic mass is 10.1. The number of ether oxygens (including phenoxy) is 1. The topological polar surface area (TPSA) is 77.2 Å². The molecule has 2 atom stereocenters. The average molecular weight is 221 g/mol. The smallest absolute Gasteiger partial charge is 0.270 e. The van der Waals surface area contributed by atoms with Gasteiger partial charge in [0.15, 0.2) is 0 Å². The Morgan fingerprint density at radius 2 is 2.44 bits per heavy atom. The molecular weight excluding hydrogens is 206 g/mol. The van der Waals surface area contributed by atoms with E-state index in [-0.39, 0.29) is 18.1 Å². The molecule has 0 aromatic carbocycles. The molecule has 1 saturated heterocycles. The van der Waals surface area contributed by atoms with Crippen LogP contribution in [0, 0.1) is 0 Å². The number of pyridine rings is 1. The number of nitrogens with two attached hydrogens (primary N) is 1. The molecule has 1 aliphatic heterocycles. The van der Waals surface area contributed by atoms with Gasteiger partial charge in [-0.1, -0.05) is 0 Å². The normalized spacial score (nSPS) is 24.3. The minimum Gasteiger partial charge on any atom is -0.397 e. The molecule has 2 heterocycles.